The topological polar surface area (TPSA) is 383 Å². The average molecular weight is 1030 g/mol. The van der Waals surface area contributed by atoms with Crippen molar-refractivity contribution in [3.8, 4) is 0 Å². The second-order valence-electron chi connectivity index (χ2n) is 18.9. The Hall–Kier alpha value is -2.80. The van der Waals surface area contributed by atoms with Crippen molar-refractivity contribution in [1.29, 1.82) is 0 Å². The minimum atomic E-state index is -1.90. The number of nitrogens with one attached hydrogen (secondary N) is 4. The maximum Gasteiger partial charge on any atom is 0.220 e. The predicted molar refractivity (Wildman–Crippen MR) is 245 cm³/mol. The zero-order valence-corrected chi connectivity index (χ0v) is 41.2. The van der Waals surface area contributed by atoms with Gasteiger partial charge in [-0.05, 0) is 6.42 Å². The highest BCUT2D eigenvalue weighted by Crippen LogP contribution is 2.34. The summed E-state index contributed by atoms with van der Waals surface area (Å²) in [6.45, 7) is 2.05. The van der Waals surface area contributed by atoms with Gasteiger partial charge in [-0.2, -0.15) is 0 Å². The SMILES string of the molecule is CCCCCCCCCCCCCCCC(=O)NC1C(OC2C(CO)OC(OC3C(CO)OC(OC4C(CO)OC(O)C(NC(C)=O)C4O)C(NC(C)=O)C3O)C(NC(C)=O)C2O)OC(CO)C(O)C1O. The first-order valence-electron chi connectivity index (χ1n) is 25.1. The van der Waals surface area contributed by atoms with Crippen LogP contribution in [0.4, 0.5) is 0 Å². The van der Waals surface area contributed by atoms with Gasteiger partial charge >= 0.3 is 0 Å². The summed E-state index contributed by atoms with van der Waals surface area (Å²) in [5.74, 6) is -2.64. The molecule has 0 aromatic carbocycles. The van der Waals surface area contributed by atoms with Crippen LogP contribution in [-0.2, 0) is 52.3 Å². The van der Waals surface area contributed by atoms with Gasteiger partial charge in [0.1, 0.15) is 97.4 Å². The first-order chi connectivity index (χ1) is 33.9. The maximum atomic E-state index is 13.3. The highest BCUT2D eigenvalue weighted by atomic mass is 16.8. The summed E-state index contributed by atoms with van der Waals surface area (Å²) in [5, 5.41) is 118. The Morgan fingerprint density at radius 3 is 1.11 bits per heavy atom. The molecule has 0 aromatic rings. The number of amides is 4. The van der Waals surface area contributed by atoms with E-state index in [2.05, 4.69) is 28.2 Å². The van der Waals surface area contributed by atoms with Crippen molar-refractivity contribution < 1.29 is 103 Å². The molecule has 0 aromatic heterocycles. The smallest absolute Gasteiger partial charge is 0.220 e. The summed E-state index contributed by atoms with van der Waals surface area (Å²) in [6, 6.07) is -6.16. The molecule has 25 heteroatoms. The van der Waals surface area contributed by atoms with Crippen LogP contribution in [0.5, 0.6) is 0 Å². The fourth-order valence-corrected chi connectivity index (χ4v) is 9.50. The number of carbonyl (C=O) groups is 4. The van der Waals surface area contributed by atoms with Gasteiger partial charge in [-0.25, -0.2) is 0 Å². The Morgan fingerprint density at radius 1 is 0.408 bits per heavy atom. The summed E-state index contributed by atoms with van der Waals surface area (Å²) in [5.41, 5.74) is 0. The number of ether oxygens (including phenoxy) is 7. The Morgan fingerprint density at radius 2 is 0.732 bits per heavy atom. The lowest BCUT2D eigenvalue weighted by atomic mass is 9.93. The van der Waals surface area contributed by atoms with Gasteiger partial charge in [0.15, 0.2) is 25.2 Å². The highest BCUT2D eigenvalue weighted by Gasteiger charge is 2.56. The summed E-state index contributed by atoms with van der Waals surface area (Å²) in [4.78, 5) is 50.2. The number of unbranched alkanes of at least 4 members (excludes halogenated alkanes) is 12. The number of hydrogen-bond donors (Lipinski definition) is 14. The molecule has 20 atom stereocenters. The molecule has 0 aliphatic carbocycles. The number of hydrogen-bond acceptors (Lipinski definition) is 21. The third-order valence-corrected chi connectivity index (χ3v) is 13.3. The van der Waals surface area contributed by atoms with Crippen LogP contribution >= 0.6 is 0 Å². The zero-order valence-electron chi connectivity index (χ0n) is 41.2. The van der Waals surface area contributed by atoms with Crippen molar-refractivity contribution in [3.63, 3.8) is 0 Å². The molecular formula is C46H82N4O21. The molecule has 0 saturated carbocycles. The molecule has 4 amide bonds. The van der Waals surface area contributed by atoms with Gasteiger partial charge in [0.05, 0.1) is 26.4 Å². The Balaban J connectivity index is 1.46. The van der Waals surface area contributed by atoms with Crippen LogP contribution in [0.25, 0.3) is 0 Å². The fraction of sp³-hybridized carbons (Fsp3) is 0.913. The average Bonchev–Trinajstić information content (AvgIpc) is 3.32. The molecule has 20 unspecified atom stereocenters. The third-order valence-electron chi connectivity index (χ3n) is 13.3. The minimum absolute atomic E-state index is 0.0653. The fourth-order valence-electron chi connectivity index (χ4n) is 9.50. The molecule has 4 rings (SSSR count). The first-order valence-corrected chi connectivity index (χ1v) is 25.1. The Kier molecular flexibility index (Phi) is 26.1. The van der Waals surface area contributed by atoms with E-state index in [9.17, 15) is 70.2 Å². The lowest BCUT2D eigenvalue weighted by Crippen LogP contribution is -2.71. The number of aliphatic hydroxyl groups is 10. The van der Waals surface area contributed by atoms with Crippen molar-refractivity contribution in [2.24, 2.45) is 0 Å². The van der Waals surface area contributed by atoms with Crippen LogP contribution in [0.2, 0.25) is 0 Å². The molecule has 4 aliphatic heterocycles. The van der Waals surface area contributed by atoms with Crippen molar-refractivity contribution >= 4 is 23.6 Å². The third kappa shape index (κ3) is 17.4. The first kappa shape index (κ1) is 60.8. The van der Waals surface area contributed by atoms with Crippen LogP contribution in [0.3, 0.4) is 0 Å². The van der Waals surface area contributed by atoms with Gasteiger partial charge in [0.2, 0.25) is 23.6 Å². The molecule has 71 heavy (non-hydrogen) atoms. The predicted octanol–water partition coefficient (Wildman–Crippen LogP) is -3.71. The Bertz CT molecular complexity index is 1610. The molecule has 0 bridgehead atoms. The van der Waals surface area contributed by atoms with Gasteiger partial charge in [0.25, 0.3) is 0 Å². The van der Waals surface area contributed by atoms with E-state index >= 15 is 0 Å². The van der Waals surface area contributed by atoms with Gasteiger partial charge in [-0.15, -0.1) is 0 Å². The van der Waals surface area contributed by atoms with Crippen LogP contribution in [0.15, 0.2) is 0 Å². The van der Waals surface area contributed by atoms with Crippen molar-refractivity contribution in [2.45, 2.75) is 240 Å². The number of aliphatic hydroxyl groups excluding tert-OH is 10. The van der Waals surface area contributed by atoms with E-state index in [0.29, 0.717) is 6.42 Å². The zero-order chi connectivity index (χ0) is 52.4. The molecule has 14 N–H and O–H groups in total. The lowest BCUT2D eigenvalue weighted by Gasteiger charge is -2.51. The van der Waals surface area contributed by atoms with Gasteiger partial charge < -0.3 is 105 Å². The lowest BCUT2D eigenvalue weighted by molar-refractivity contribution is -0.362. The summed E-state index contributed by atoms with van der Waals surface area (Å²) in [7, 11) is 0. The van der Waals surface area contributed by atoms with E-state index in [-0.39, 0.29) is 6.42 Å². The van der Waals surface area contributed by atoms with Crippen LogP contribution in [0.1, 0.15) is 118 Å². The van der Waals surface area contributed by atoms with Gasteiger partial charge in [-0.1, -0.05) is 84.0 Å². The molecule has 0 radical (unpaired) electrons. The molecule has 4 fully saturated rings. The molecule has 4 saturated heterocycles. The highest BCUT2D eigenvalue weighted by molar-refractivity contribution is 5.76. The van der Waals surface area contributed by atoms with Crippen LogP contribution in [0, 0.1) is 0 Å². The normalized spacial score (nSPS) is 37.5. The van der Waals surface area contributed by atoms with E-state index in [1.165, 1.54) is 51.4 Å². The second-order valence-corrected chi connectivity index (χ2v) is 18.9. The van der Waals surface area contributed by atoms with E-state index in [1.807, 2.05) is 0 Å². The second kappa shape index (κ2) is 30.5. The Labute approximate surface area is 414 Å². The van der Waals surface area contributed by atoms with Crippen molar-refractivity contribution in [2.75, 3.05) is 26.4 Å². The number of rotatable bonds is 28. The summed E-state index contributed by atoms with van der Waals surface area (Å²) in [6.07, 6.45) is -12.5. The van der Waals surface area contributed by atoms with Gasteiger partial charge in [-0.3, -0.25) is 19.2 Å². The van der Waals surface area contributed by atoms with E-state index in [1.54, 1.807) is 0 Å². The largest absolute Gasteiger partial charge is 0.394 e. The molecule has 4 heterocycles. The summed E-state index contributed by atoms with van der Waals surface area (Å²) >= 11 is 0. The summed E-state index contributed by atoms with van der Waals surface area (Å²) < 4.78 is 41.4. The number of carbonyl (C=O) groups excluding carboxylic acids is 4. The molecule has 25 nitrogen and oxygen atoms in total. The van der Waals surface area contributed by atoms with Crippen LogP contribution < -0.4 is 21.3 Å². The molecule has 412 valence electrons. The van der Waals surface area contributed by atoms with Crippen molar-refractivity contribution in [1.82, 2.24) is 21.3 Å². The van der Waals surface area contributed by atoms with E-state index in [4.69, 9.17) is 33.2 Å². The van der Waals surface area contributed by atoms with E-state index in [0.717, 1.165) is 46.5 Å². The maximum absolute atomic E-state index is 13.3. The molecule has 4 aliphatic rings. The minimum Gasteiger partial charge on any atom is -0.394 e. The molecule has 0 spiro atoms. The quantitative estimate of drug-likeness (QED) is 0.0335. The van der Waals surface area contributed by atoms with E-state index < -0.39 is 173 Å². The monoisotopic (exact) mass is 1030 g/mol. The van der Waals surface area contributed by atoms with Crippen molar-refractivity contribution in [3.05, 3.63) is 0 Å². The molecular weight excluding hydrogens is 945 g/mol. The van der Waals surface area contributed by atoms with Crippen LogP contribution in [-0.4, -0.2) is 224 Å². The van der Waals surface area contributed by atoms with Gasteiger partial charge in [0, 0.05) is 27.2 Å². The standard InChI is InChI=1S/C46H82N4O21/c1-5-6-7-8-9-10-11-12-13-14-15-16-17-18-30(58)50-32-36(60)35(59)26(19-51)66-44(32)70-41-28(21-53)68-46(34(38(41)62)49-25(4)57)71-42-29(22-54)67-45(33(39(42)63)48-24(3)56)69-40-27(20-52)65-43(64)31(37(40)61)47-23(2)55/h26-29,31-46,51-54,59-64H,5-22H2,1-4H3,(H,47,55)(H,48,56)(H,49,57)(H,50,58).